The van der Waals surface area contributed by atoms with Crippen molar-refractivity contribution in [2.75, 3.05) is 13.9 Å². The molecule has 1 aliphatic rings. The summed E-state index contributed by atoms with van der Waals surface area (Å²) in [7, 11) is 1.44. The van der Waals surface area contributed by atoms with Gasteiger partial charge in [0.2, 0.25) is 6.79 Å². The second-order valence-corrected chi connectivity index (χ2v) is 4.40. The van der Waals surface area contributed by atoms with E-state index in [2.05, 4.69) is 0 Å². The molecule has 0 saturated carbocycles. The number of carbonyl (C=O) groups is 2. The van der Waals surface area contributed by atoms with E-state index in [1.165, 1.54) is 20.1 Å². The van der Waals surface area contributed by atoms with Crippen LogP contribution in [-0.4, -0.2) is 31.9 Å². The summed E-state index contributed by atoms with van der Waals surface area (Å²) >= 11 is 0. The standard InChI is InChI=1S/C15H16O6/c1-9(16)12-6-4-11(14-15(12)20-8-19-14)5-7-13(17)21-10(2)18-3/h4-7,10H,8H2,1-3H3/b7-5+. The zero-order valence-corrected chi connectivity index (χ0v) is 12.0. The molecule has 2 rings (SSSR count). The number of Topliss-reactive ketones (excluding diaryl/α,β-unsaturated/α-hetero) is 1. The van der Waals surface area contributed by atoms with Crippen molar-refractivity contribution in [3.05, 3.63) is 29.3 Å². The van der Waals surface area contributed by atoms with Crippen molar-refractivity contribution >= 4 is 17.8 Å². The van der Waals surface area contributed by atoms with Gasteiger partial charge in [0.15, 0.2) is 23.6 Å². The molecule has 1 aromatic rings. The first-order chi connectivity index (χ1) is 10.0. The Kier molecular flexibility index (Phi) is 4.59. The summed E-state index contributed by atoms with van der Waals surface area (Å²) in [5, 5.41) is 0. The number of ether oxygens (including phenoxy) is 4. The van der Waals surface area contributed by atoms with E-state index in [9.17, 15) is 9.59 Å². The van der Waals surface area contributed by atoms with Crippen LogP contribution in [0.3, 0.4) is 0 Å². The van der Waals surface area contributed by atoms with Crippen molar-refractivity contribution in [3.8, 4) is 11.5 Å². The number of carbonyl (C=O) groups excluding carboxylic acids is 2. The van der Waals surface area contributed by atoms with E-state index in [-0.39, 0.29) is 12.6 Å². The molecule has 1 atom stereocenters. The molecule has 1 unspecified atom stereocenters. The van der Waals surface area contributed by atoms with Gasteiger partial charge in [0.25, 0.3) is 0 Å². The number of ketones is 1. The average molecular weight is 292 g/mol. The van der Waals surface area contributed by atoms with Gasteiger partial charge in [-0.3, -0.25) is 4.79 Å². The van der Waals surface area contributed by atoms with Crippen LogP contribution in [0.5, 0.6) is 11.5 Å². The smallest absolute Gasteiger partial charge is 0.333 e. The SMILES string of the molecule is COC(C)OC(=O)/C=C/c1ccc(C(C)=O)c2c1OCO2. The Hall–Kier alpha value is -2.34. The van der Waals surface area contributed by atoms with E-state index in [0.717, 1.165) is 0 Å². The molecule has 1 heterocycles. The summed E-state index contributed by atoms with van der Waals surface area (Å²) in [5.74, 6) is 0.211. The van der Waals surface area contributed by atoms with Gasteiger partial charge >= 0.3 is 5.97 Å². The number of esters is 1. The van der Waals surface area contributed by atoms with Gasteiger partial charge in [0.05, 0.1) is 5.56 Å². The molecule has 0 spiro atoms. The zero-order chi connectivity index (χ0) is 15.4. The van der Waals surface area contributed by atoms with E-state index in [0.29, 0.717) is 22.6 Å². The molecule has 0 bridgehead atoms. The number of rotatable bonds is 5. The molecule has 6 heteroatoms. The minimum absolute atomic E-state index is 0.0472. The van der Waals surface area contributed by atoms with E-state index in [1.807, 2.05) is 0 Å². The summed E-state index contributed by atoms with van der Waals surface area (Å²) in [6, 6.07) is 3.33. The third-order valence-electron chi connectivity index (χ3n) is 2.94. The van der Waals surface area contributed by atoms with Crippen LogP contribution in [0.15, 0.2) is 18.2 Å². The number of benzene rings is 1. The molecule has 0 N–H and O–H groups in total. The molecule has 1 aromatic carbocycles. The minimum Gasteiger partial charge on any atom is -0.453 e. The van der Waals surface area contributed by atoms with Gasteiger partial charge in [-0.2, -0.15) is 0 Å². The van der Waals surface area contributed by atoms with E-state index < -0.39 is 12.3 Å². The fraction of sp³-hybridized carbons (Fsp3) is 0.333. The van der Waals surface area contributed by atoms with Gasteiger partial charge in [-0.25, -0.2) is 4.79 Å². The van der Waals surface area contributed by atoms with Crippen molar-refractivity contribution in [2.24, 2.45) is 0 Å². The summed E-state index contributed by atoms with van der Waals surface area (Å²) in [5.41, 5.74) is 1.09. The lowest BCUT2D eigenvalue weighted by Gasteiger charge is -2.08. The summed E-state index contributed by atoms with van der Waals surface area (Å²) < 4.78 is 20.4. The highest BCUT2D eigenvalue weighted by Gasteiger charge is 2.22. The molecule has 0 fully saturated rings. The molecule has 0 saturated heterocycles. The molecule has 0 aromatic heterocycles. The van der Waals surface area contributed by atoms with Crippen LogP contribution in [-0.2, 0) is 14.3 Å². The van der Waals surface area contributed by atoms with E-state index in [1.54, 1.807) is 25.1 Å². The largest absolute Gasteiger partial charge is 0.453 e. The highest BCUT2D eigenvalue weighted by atomic mass is 16.7. The van der Waals surface area contributed by atoms with E-state index in [4.69, 9.17) is 18.9 Å². The minimum atomic E-state index is -0.618. The van der Waals surface area contributed by atoms with Gasteiger partial charge in [-0.1, -0.05) is 6.07 Å². The maximum Gasteiger partial charge on any atom is 0.333 e. The van der Waals surface area contributed by atoms with Crippen molar-refractivity contribution in [3.63, 3.8) is 0 Å². The van der Waals surface area contributed by atoms with Crippen LogP contribution >= 0.6 is 0 Å². The normalized spacial score (nSPS) is 14.2. The van der Waals surface area contributed by atoms with Gasteiger partial charge in [-0.05, 0) is 26.0 Å². The predicted octanol–water partition coefficient (Wildman–Crippen LogP) is 2.17. The first-order valence-electron chi connectivity index (χ1n) is 6.38. The van der Waals surface area contributed by atoms with Crippen LogP contribution in [0.25, 0.3) is 6.08 Å². The Labute approximate surface area is 122 Å². The number of fused-ring (bicyclic) bond motifs is 1. The van der Waals surface area contributed by atoms with Gasteiger partial charge in [0.1, 0.15) is 0 Å². The number of methoxy groups -OCH3 is 1. The second kappa shape index (κ2) is 6.41. The van der Waals surface area contributed by atoms with Crippen LogP contribution in [0.4, 0.5) is 0 Å². The monoisotopic (exact) mass is 292 g/mol. The summed E-state index contributed by atoms with van der Waals surface area (Å²) in [6.45, 7) is 3.12. The van der Waals surface area contributed by atoms with Crippen molar-refractivity contribution in [1.29, 1.82) is 0 Å². The van der Waals surface area contributed by atoms with E-state index >= 15 is 0 Å². The Morgan fingerprint density at radius 3 is 2.67 bits per heavy atom. The van der Waals surface area contributed by atoms with Crippen LogP contribution in [0, 0.1) is 0 Å². The lowest BCUT2D eigenvalue weighted by Crippen LogP contribution is -2.14. The van der Waals surface area contributed by atoms with Crippen LogP contribution in [0.2, 0.25) is 0 Å². The first-order valence-corrected chi connectivity index (χ1v) is 6.38. The predicted molar refractivity (Wildman–Crippen MR) is 74.2 cm³/mol. The molecule has 112 valence electrons. The quantitative estimate of drug-likeness (QED) is 0.358. The third-order valence-corrected chi connectivity index (χ3v) is 2.94. The van der Waals surface area contributed by atoms with Crippen LogP contribution in [0.1, 0.15) is 29.8 Å². The molecule has 6 nitrogen and oxygen atoms in total. The maximum absolute atomic E-state index is 11.5. The van der Waals surface area contributed by atoms with Crippen molar-refractivity contribution < 1.29 is 28.5 Å². The lowest BCUT2D eigenvalue weighted by molar-refractivity contribution is -0.163. The fourth-order valence-electron chi connectivity index (χ4n) is 1.83. The van der Waals surface area contributed by atoms with Gasteiger partial charge in [-0.15, -0.1) is 0 Å². The molecular formula is C15H16O6. The highest BCUT2D eigenvalue weighted by Crippen LogP contribution is 2.39. The molecule has 0 aliphatic carbocycles. The zero-order valence-electron chi connectivity index (χ0n) is 12.0. The molecule has 1 aliphatic heterocycles. The molecule has 0 amide bonds. The van der Waals surface area contributed by atoms with Crippen molar-refractivity contribution in [1.82, 2.24) is 0 Å². The molecule has 0 radical (unpaired) electrons. The van der Waals surface area contributed by atoms with Crippen molar-refractivity contribution in [2.45, 2.75) is 20.1 Å². The van der Waals surface area contributed by atoms with Gasteiger partial charge < -0.3 is 18.9 Å². The lowest BCUT2D eigenvalue weighted by atomic mass is 10.1. The average Bonchev–Trinajstić information content (AvgIpc) is 2.93. The Bertz CT molecular complexity index is 590. The third kappa shape index (κ3) is 3.41. The fourth-order valence-corrected chi connectivity index (χ4v) is 1.83. The Morgan fingerprint density at radius 2 is 2.00 bits per heavy atom. The summed E-state index contributed by atoms with van der Waals surface area (Å²) in [6.07, 6.45) is 2.19. The van der Waals surface area contributed by atoms with Crippen LogP contribution < -0.4 is 9.47 Å². The number of hydrogen-bond acceptors (Lipinski definition) is 6. The number of hydrogen-bond donors (Lipinski definition) is 0. The molecular weight excluding hydrogens is 276 g/mol. The van der Waals surface area contributed by atoms with Gasteiger partial charge in [0, 0.05) is 18.7 Å². The topological polar surface area (TPSA) is 71.1 Å². The second-order valence-electron chi connectivity index (χ2n) is 4.40. The Morgan fingerprint density at radius 1 is 1.29 bits per heavy atom. The Balaban J connectivity index is 2.20. The summed E-state index contributed by atoms with van der Waals surface area (Å²) in [4.78, 5) is 23.0. The molecule has 21 heavy (non-hydrogen) atoms. The first kappa shape index (κ1) is 15.1. The highest BCUT2D eigenvalue weighted by molar-refractivity contribution is 5.99. The maximum atomic E-state index is 11.5.